The van der Waals surface area contributed by atoms with Gasteiger partial charge in [0.25, 0.3) is 0 Å². The molecule has 1 aromatic heterocycles. The third kappa shape index (κ3) is 3.91. The van der Waals surface area contributed by atoms with Crippen LogP contribution in [0.5, 0.6) is 0 Å². The summed E-state index contributed by atoms with van der Waals surface area (Å²) in [6.07, 6.45) is 1.82. The summed E-state index contributed by atoms with van der Waals surface area (Å²) in [5.74, 6) is 0. The number of rotatable bonds is 3. The van der Waals surface area contributed by atoms with Crippen molar-refractivity contribution in [1.29, 1.82) is 0 Å². The minimum absolute atomic E-state index is 0. The first-order chi connectivity index (χ1) is 7.77. The minimum Gasteiger partial charge on any atom is -0.378 e. The van der Waals surface area contributed by atoms with Gasteiger partial charge in [-0.1, -0.05) is 24.4 Å². The molecule has 0 N–H and O–H groups in total. The van der Waals surface area contributed by atoms with Crippen molar-refractivity contribution in [3.8, 4) is 0 Å². The number of aromatic nitrogens is 1. The Morgan fingerprint density at radius 2 is 2.18 bits per heavy atom. The van der Waals surface area contributed by atoms with Gasteiger partial charge in [0.15, 0.2) is 0 Å². The van der Waals surface area contributed by atoms with Crippen LogP contribution < -0.4 is 0 Å². The van der Waals surface area contributed by atoms with Crippen molar-refractivity contribution in [3.63, 3.8) is 0 Å². The molecule has 94 valence electrons. The SMILES string of the molecule is C=C(Sc1ncccc1C)N1CCOCC1.Cl. The van der Waals surface area contributed by atoms with E-state index >= 15 is 0 Å². The predicted molar refractivity (Wildman–Crippen MR) is 73.6 cm³/mol. The maximum atomic E-state index is 5.32. The molecule has 0 saturated carbocycles. The average Bonchev–Trinajstić information content (AvgIpc) is 2.33. The van der Waals surface area contributed by atoms with E-state index in [4.69, 9.17) is 4.74 Å². The van der Waals surface area contributed by atoms with Crippen LogP contribution in [0.4, 0.5) is 0 Å². The second kappa shape index (κ2) is 6.89. The Bertz CT molecular complexity index is 381. The highest BCUT2D eigenvalue weighted by atomic mass is 35.5. The molecule has 0 aromatic carbocycles. The molecular formula is C12H17ClN2OS. The van der Waals surface area contributed by atoms with Crippen molar-refractivity contribution in [3.05, 3.63) is 35.5 Å². The van der Waals surface area contributed by atoms with Crippen LogP contribution >= 0.6 is 24.2 Å². The molecule has 3 nitrogen and oxygen atoms in total. The van der Waals surface area contributed by atoms with Gasteiger partial charge in [0.2, 0.25) is 0 Å². The van der Waals surface area contributed by atoms with E-state index in [2.05, 4.69) is 29.5 Å². The molecule has 5 heteroatoms. The second-order valence-corrected chi connectivity index (χ2v) is 4.78. The van der Waals surface area contributed by atoms with Gasteiger partial charge in [-0.2, -0.15) is 0 Å². The zero-order valence-electron chi connectivity index (χ0n) is 9.89. The summed E-state index contributed by atoms with van der Waals surface area (Å²) in [5.41, 5.74) is 1.20. The van der Waals surface area contributed by atoms with Gasteiger partial charge in [0.1, 0.15) is 5.03 Å². The van der Waals surface area contributed by atoms with E-state index in [0.29, 0.717) is 0 Å². The van der Waals surface area contributed by atoms with Gasteiger partial charge in [-0.25, -0.2) is 4.98 Å². The van der Waals surface area contributed by atoms with Crippen LogP contribution in [-0.2, 0) is 4.74 Å². The van der Waals surface area contributed by atoms with E-state index in [1.165, 1.54) is 5.56 Å². The van der Waals surface area contributed by atoms with Crippen LogP contribution in [0.1, 0.15) is 5.56 Å². The second-order valence-electron chi connectivity index (χ2n) is 3.72. The lowest BCUT2D eigenvalue weighted by atomic mass is 10.3. The van der Waals surface area contributed by atoms with E-state index < -0.39 is 0 Å². The molecule has 1 aromatic rings. The summed E-state index contributed by atoms with van der Waals surface area (Å²) < 4.78 is 5.32. The third-order valence-corrected chi connectivity index (χ3v) is 3.65. The van der Waals surface area contributed by atoms with Crippen LogP contribution in [-0.4, -0.2) is 36.2 Å². The number of aryl methyl sites for hydroxylation is 1. The lowest BCUT2D eigenvalue weighted by molar-refractivity contribution is 0.0578. The standard InChI is InChI=1S/C12H16N2OS.ClH/c1-10-4-3-5-13-12(10)16-11(2)14-6-8-15-9-7-14;/h3-5H,2,6-9H2,1H3;1H. The summed E-state index contributed by atoms with van der Waals surface area (Å²) in [7, 11) is 0. The van der Waals surface area contributed by atoms with E-state index in [9.17, 15) is 0 Å². The molecule has 2 rings (SSSR count). The fraction of sp³-hybridized carbons (Fsp3) is 0.417. The van der Waals surface area contributed by atoms with Gasteiger partial charge < -0.3 is 9.64 Å². The zero-order valence-corrected chi connectivity index (χ0v) is 11.5. The first kappa shape index (κ1) is 14.4. The van der Waals surface area contributed by atoms with Crippen molar-refractivity contribution in [2.45, 2.75) is 11.9 Å². The number of hydrogen-bond donors (Lipinski definition) is 0. The molecule has 0 spiro atoms. The highest BCUT2D eigenvalue weighted by Crippen LogP contribution is 2.28. The fourth-order valence-corrected chi connectivity index (χ4v) is 2.44. The topological polar surface area (TPSA) is 25.4 Å². The number of halogens is 1. The zero-order chi connectivity index (χ0) is 11.4. The summed E-state index contributed by atoms with van der Waals surface area (Å²) >= 11 is 1.64. The summed E-state index contributed by atoms with van der Waals surface area (Å²) in [6.45, 7) is 9.62. The Morgan fingerprint density at radius 3 is 2.82 bits per heavy atom. The molecule has 2 heterocycles. The van der Waals surface area contributed by atoms with Gasteiger partial charge in [-0.3, -0.25) is 0 Å². The molecule has 0 atom stereocenters. The molecule has 1 aliphatic heterocycles. The molecular weight excluding hydrogens is 256 g/mol. The van der Waals surface area contributed by atoms with Gasteiger partial charge in [0, 0.05) is 19.3 Å². The fourth-order valence-electron chi connectivity index (χ4n) is 1.57. The van der Waals surface area contributed by atoms with Crippen LogP contribution in [0.3, 0.4) is 0 Å². The van der Waals surface area contributed by atoms with Crippen molar-refractivity contribution in [2.24, 2.45) is 0 Å². The molecule has 1 fully saturated rings. The third-order valence-electron chi connectivity index (χ3n) is 2.54. The number of ether oxygens (including phenoxy) is 1. The maximum absolute atomic E-state index is 5.32. The van der Waals surface area contributed by atoms with Crippen molar-refractivity contribution >= 4 is 24.2 Å². The molecule has 0 unspecified atom stereocenters. The Kier molecular flexibility index (Phi) is 5.82. The van der Waals surface area contributed by atoms with Gasteiger partial charge in [-0.15, -0.1) is 12.4 Å². The molecule has 0 bridgehead atoms. The largest absolute Gasteiger partial charge is 0.378 e. The molecule has 0 amide bonds. The number of pyridine rings is 1. The number of morpholine rings is 1. The van der Waals surface area contributed by atoms with Gasteiger partial charge in [-0.05, 0) is 18.6 Å². The van der Waals surface area contributed by atoms with Crippen molar-refractivity contribution in [2.75, 3.05) is 26.3 Å². The highest BCUT2D eigenvalue weighted by Gasteiger charge is 2.14. The average molecular weight is 273 g/mol. The molecule has 0 radical (unpaired) electrons. The Labute approximate surface area is 113 Å². The van der Waals surface area contributed by atoms with E-state index in [1.807, 2.05) is 12.3 Å². The van der Waals surface area contributed by atoms with E-state index in [1.54, 1.807) is 11.8 Å². The van der Waals surface area contributed by atoms with Crippen LogP contribution in [0.15, 0.2) is 35.0 Å². The normalized spacial score (nSPS) is 15.2. The van der Waals surface area contributed by atoms with E-state index in [-0.39, 0.29) is 12.4 Å². The molecule has 0 aliphatic carbocycles. The Balaban J connectivity index is 0.00000144. The summed E-state index contributed by atoms with van der Waals surface area (Å²) in [5, 5.41) is 2.10. The van der Waals surface area contributed by atoms with Gasteiger partial charge in [0.05, 0.1) is 18.2 Å². The van der Waals surface area contributed by atoms with Crippen molar-refractivity contribution < 1.29 is 4.74 Å². The first-order valence-corrected chi connectivity index (χ1v) is 6.20. The van der Waals surface area contributed by atoms with Crippen LogP contribution in [0, 0.1) is 6.92 Å². The smallest absolute Gasteiger partial charge is 0.105 e. The first-order valence-electron chi connectivity index (χ1n) is 5.38. The Hall–Kier alpha value is -0.710. The predicted octanol–water partition coefficient (Wildman–Crippen LogP) is 2.71. The Morgan fingerprint density at radius 1 is 1.47 bits per heavy atom. The number of thioether (sulfide) groups is 1. The monoisotopic (exact) mass is 272 g/mol. The van der Waals surface area contributed by atoms with Crippen LogP contribution in [0.25, 0.3) is 0 Å². The maximum Gasteiger partial charge on any atom is 0.105 e. The van der Waals surface area contributed by atoms with Crippen molar-refractivity contribution in [1.82, 2.24) is 9.88 Å². The minimum atomic E-state index is 0. The van der Waals surface area contributed by atoms with Crippen LogP contribution in [0.2, 0.25) is 0 Å². The van der Waals surface area contributed by atoms with E-state index in [0.717, 1.165) is 36.4 Å². The summed E-state index contributed by atoms with van der Waals surface area (Å²) in [6, 6.07) is 4.03. The highest BCUT2D eigenvalue weighted by molar-refractivity contribution is 8.03. The lowest BCUT2D eigenvalue weighted by Crippen LogP contribution is -2.34. The lowest BCUT2D eigenvalue weighted by Gasteiger charge is -2.29. The summed E-state index contributed by atoms with van der Waals surface area (Å²) in [4.78, 5) is 6.61. The molecule has 1 aliphatic rings. The number of nitrogens with zero attached hydrogens (tertiary/aromatic N) is 2. The quantitative estimate of drug-likeness (QED) is 0.790. The van der Waals surface area contributed by atoms with Gasteiger partial charge >= 0.3 is 0 Å². The number of hydrogen-bond acceptors (Lipinski definition) is 4. The molecule has 17 heavy (non-hydrogen) atoms. The molecule has 1 saturated heterocycles.